The van der Waals surface area contributed by atoms with E-state index in [9.17, 15) is 4.79 Å². The third kappa shape index (κ3) is 2.43. The summed E-state index contributed by atoms with van der Waals surface area (Å²) in [5.41, 5.74) is 7.02. The summed E-state index contributed by atoms with van der Waals surface area (Å²) < 4.78 is 0. The maximum Gasteiger partial charge on any atom is 0.314 e. The number of nitrogens with one attached hydrogen (secondary N) is 1. The van der Waals surface area contributed by atoms with E-state index in [4.69, 9.17) is 0 Å². The fourth-order valence-corrected chi connectivity index (χ4v) is 2.41. The van der Waals surface area contributed by atoms with Crippen LogP contribution in [0, 0.1) is 20.8 Å². The Bertz CT molecular complexity index is 547. The Balaban J connectivity index is 2.45. The third-order valence-electron chi connectivity index (χ3n) is 3.05. The van der Waals surface area contributed by atoms with Gasteiger partial charge in [0.25, 0.3) is 0 Å². The van der Waals surface area contributed by atoms with Crippen molar-refractivity contribution in [3.8, 4) is 11.1 Å². The number of carbonyl (C=O) groups excluding carboxylic acids is 1. The van der Waals surface area contributed by atoms with E-state index < -0.39 is 0 Å². The Morgan fingerprint density at radius 3 is 2.00 bits per heavy atom. The molecule has 1 N–H and O–H groups in total. The van der Waals surface area contributed by atoms with Crippen LogP contribution in [0.1, 0.15) is 16.7 Å². The summed E-state index contributed by atoms with van der Waals surface area (Å²) in [5.74, 6) is 0. The number of benzene rings is 2. The molecule has 0 saturated carbocycles. The monoisotopic (exact) mass is 238 g/mol. The molecule has 0 aromatic heterocycles. The van der Waals surface area contributed by atoms with Gasteiger partial charge in [-0.05, 0) is 55.2 Å². The van der Waals surface area contributed by atoms with Gasteiger partial charge in [0.05, 0.1) is 0 Å². The molecule has 0 aliphatic rings. The van der Waals surface area contributed by atoms with Crippen LogP contribution < -0.4 is 5.32 Å². The van der Waals surface area contributed by atoms with Crippen LogP contribution >= 0.6 is 0 Å². The average molecular weight is 238 g/mol. The standard InChI is InChI=1S/C16H16NO/c1-11-8-12(2)16(13(3)9-11)14-4-6-15(7-5-14)17-10-18/h4-9H,1-3H3,(H,17,18). The third-order valence-corrected chi connectivity index (χ3v) is 3.05. The number of amides is 1. The molecule has 0 fully saturated rings. The van der Waals surface area contributed by atoms with Crippen molar-refractivity contribution >= 4 is 12.1 Å². The van der Waals surface area contributed by atoms with E-state index in [0.29, 0.717) is 0 Å². The van der Waals surface area contributed by atoms with Crippen molar-refractivity contribution in [3.05, 3.63) is 53.1 Å². The molecule has 1 amide bonds. The predicted octanol–water partition coefficient (Wildman–Crippen LogP) is 3.76. The summed E-state index contributed by atoms with van der Waals surface area (Å²) >= 11 is 0. The largest absolute Gasteiger partial charge is 0.318 e. The van der Waals surface area contributed by atoms with E-state index in [2.05, 4.69) is 38.2 Å². The molecule has 0 aliphatic heterocycles. The smallest absolute Gasteiger partial charge is 0.314 e. The van der Waals surface area contributed by atoms with E-state index in [1.54, 1.807) is 6.41 Å². The van der Waals surface area contributed by atoms with Gasteiger partial charge in [0.1, 0.15) is 0 Å². The molecule has 0 unspecified atom stereocenters. The lowest BCUT2D eigenvalue weighted by Gasteiger charge is -2.12. The van der Waals surface area contributed by atoms with Gasteiger partial charge in [-0.25, -0.2) is 0 Å². The normalized spacial score (nSPS) is 10.2. The first-order valence-corrected chi connectivity index (χ1v) is 5.93. The maximum atomic E-state index is 10.2. The predicted molar refractivity (Wildman–Crippen MR) is 75.4 cm³/mol. The second-order valence-corrected chi connectivity index (χ2v) is 4.58. The Morgan fingerprint density at radius 2 is 1.50 bits per heavy atom. The molecule has 2 aromatic carbocycles. The number of hydrogen-bond acceptors (Lipinski definition) is 1. The van der Waals surface area contributed by atoms with E-state index in [1.165, 1.54) is 27.8 Å². The Kier molecular flexibility index (Phi) is 3.47. The van der Waals surface area contributed by atoms with E-state index in [0.717, 1.165) is 5.69 Å². The van der Waals surface area contributed by atoms with E-state index >= 15 is 0 Å². The molecule has 0 bridgehead atoms. The molecule has 18 heavy (non-hydrogen) atoms. The van der Waals surface area contributed by atoms with Crippen molar-refractivity contribution in [2.75, 3.05) is 5.32 Å². The first-order valence-electron chi connectivity index (χ1n) is 5.93. The summed E-state index contributed by atoms with van der Waals surface area (Å²) in [6, 6.07) is 12.2. The van der Waals surface area contributed by atoms with Crippen molar-refractivity contribution in [1.29, 1.82) is 0 Å². The summed E-state index contributed by atoms with van der Waals surface area (Å²) in [5, 5.41) is 2.52. The quantitative estimate of drug-likeness (QED) is 0.810. The Morgan fingerprint density at radius 1 is 0.944 bits per heavy atom. The molecule has 2 rings (SSSR count). The molecule has 91 valence electrons. The van der Waals surface area contributed by atoms with Crippen molar-refractivity contribution in [2.45, 2.75) is 20.8 Å². The summed E-state index contributed by atoms with van der Waals surface area (Å²) in [6.07, 6.45) is 1.67. The molecular weight excluding hydrogens is 222 g/mol. The zero-order chi connectivity index (χ0) is 13.1. The highest BCUT2D eigenvalue weighted by Gasteiger charge is 2.06. The van der Waals surface area contributed by atoms with E-state index in [1.807, 2.05) is 24.3 Å². The van der Waals surface area contributed by atoms with Gasteiger partial charge in [-0.15, -0.1) is 0 Å². The first kappa shape index (κ1) is 12.4. The lowest BCUT2D eigenvalue weighted by Crippen LogP contribution is -1.94. The number of hydrogen-bond donors (Lipinski definition) is 1. The minimum absolute atomic E-state index is 0.760. The highest BCUT2D eigenvalue weighted by atomic mass is 16.1. The molecular formula is C16H16NO. The lowest BCUT2D eigenvalue weighted by molar-refractivity contribution is 0.561. The summed E-state index contributed by atoms with van der Waals surface area (Å²) in [6.45, 7) is 6.36. The van der Waals surface area contributed by atoms with Crippen molar-refractivity contribution in [2.24, 2.45) is 0 Å². The highest BCUT2D eigenvalue weighted by molar-refractivity contribution is 5.76. The molecule has 0 aliphatic carbocycles. The van der Waals surface area contributed by atoms with Crippen molar-refractivity contribution in [1.82, 2.24) is 0 Å². The van der Waals surface area contributed by atoms with Crippen LogP contribution in [-0.2, 0) is 4.79 Å². The van der Waals surface area contributed by atoms with Crippen LogP contribution in [0.15, 0.2) is 36.4 Å². The van der Waals surface area contributed by atoms with Gasteiger partial charge in [-0.3, -0.25) is 4.79 Å². The zero-order valence-corrected chi connectivity index (χ0v) is 10.9. The molecule has 0 heterocycles. The van der Waals surface area contributed by atoms with Gasteiger partial charge in [0.2, 0.25) is 0 Å². The van der Waals surface area contributed by atoms with Crippen LogP contribution in [-0.4, -0.2) is 6.41 Å². The summed E-state index contributed by atoms with van der Waals surface area (Å²) in [4.78, 5) is 10.2. The zero-order valence-electron chi connectivity index (χ0n) is 10.9. The number of aryl methyl sites for hydroxylation is 3. The molecule has 1 radical (unpaired) electrons. The maximum absolute atomic E-state index is 10.2. The second kappa shape index (κ2) is 5.05. The highest BCUT2D eigenvalue weighted by Crippen LogP contribution is 2.29. The van der Waals surface area contributed by atoms with Gasteiger partial charge >= 0.3 is 6.41 Å². The van der Waals surface area contributed by atoms with Crippen LogP contribution in [0.3, 0.4) is 0 Å². The lowest BCUT2D eigenvalue weighted by atomic mass is 9.94. The Labute approximate surface area is 108 Å². The fraction of sp³-hybridized carbons (Fsp3) is 0.188. The first-order chi connectivity index (χ1) is 8.61. The van der Waals surface area contributed by atoms with Crippen LogP contribution in [0.4, 0.5) is 5.69 Å². The van der Waals surface area contributed by atoms with Gasteiger partial charge in [-0.2, -0.15) is 0 Å². The van der Waals surface area contributed by atoms with Crippen molar-refractivity contribution < 1.29 is 4.79 Å². The van der Waals surface area contributed by atoms with Gasteiger partial charge in [-0.1, -0.05) is 29.8 Å². The van der Waals surface area contributed by atoms with Crippen LogP contribution in [0.2, 0.25) is 0 Å². The molecule has 2 heteroatoms. The minimum atomic E-state index is 0.760. The van der Waals surface area contributed by atoms with E-state index in [-0.39, 0.29) is 0 Å². The molecule has 2 nitrogen and oxygen atoms in total. The van der Waals surface area contributed by atoms with Gasteiger partial charge in [0, 0.05) is 5.69 Å². The van der Waals surface area contributed by atoms with Crippen LogP contribution in [0.25, 0.3) is 11.1 Å². The topological polar surface area (TPSA) is 29.1 Å². The fourth-order valence-electron chi connectivity index (χ4n) is 2.41. The number of rotatable bonds is 3. The summed E-state index contributed by atoms with van der Waals surface area (Å²) in [7, 11) is 0. The molecule has 0 saturated heterocycles. The second-order valence-electron chi connectivity index (χ2n) is 4.58. The van der Waals surface area contributed by atoms with Gasteiger partial charge in [0.15, 0.2) is 0 Å². The Hall–Kier alpha value is -2.09. The number of anilines is 1. The molecule has 0 atom stereocenters. The molecule has 0 spiro atoms. The SMILES string of the molecule is Cc1cc(C)c(-c2ccc(N[C]=O)cc2)c(C)c1. The van der Waals surface area contributed by atoms with Crippen molar-refractivity contribution in [3.63, 3.8) is 0 Å². The molecule has 2 aromatic rings. The van der Waals surface area contributed by atoms with Crippen LogP contribution in [0.5, 0.6) is 0 Å². The van der Waals surface area contributed by atoms with Gasteiger partial charge < -0.3 is 5.32 Å². The average Bonchev–Trinajstić information content (AvgIpc) is 2.30. The minimum Gasteiger partial charge on any atom is -0.318 e.